The third-order valence-electron chi connectivity index (χ3n) is 7.04. The van der Waals surface area contributed by atoms with Gasteiger partial charge in [-0.1, -0.05) is 35.9 Å². The maximum atomic E-state index is 13.7. The van der Waals surface area contributed by atoms with Crippen LogP contribution in [0.25, 0.3) is 11.0 Å². The SMILES string of the molecule is CC(C)(C)OC(=O)N[C@@H]1CCCN(c2nc3ccc(C(=O)NCc4ccc(Cl)cc4)cc3n2Cc2ccc(F)cc2)C1. The van der Waals surface area contributed by atoms with E-state index in [0.29, 0.717) is 30.2 Å². The largest absolute Gasteiger partial charge is 0.444 e. The van der Waals surface area contributed by atoms with E-state index in [-0.39, 0.29) is 17.8 Å². The molecule has 5 rings (SSSR count). The Kier molecular flexibility index (Phi) is 8.68. The molecule has 1 aliphatic heterocycles. The van der Waals surface area contributed by atoms with E-state index in [0.717, 1.165) is 47.5 Å². The summed E-state index contributed by atoms with van der Waals surface area (Å²) in [5.41, 5.74) is 3.29. The molecule has 1 aromatic heterocycles. The Hall–Kier alpha value is -4.11. The number of hydrogen-bond donors (Lipinski definition) is 2. The number of carbonyl (C=O) groups excluding carboxylic acids is 2. The van der Waals surface area contributed by atoms with Gasteiger partial charge in [0.05, 0.1) is 17.6 Å². The smallest absolute Gasteiger partial charge is 0.407 e. The molecule has 0 spiro atoms. The fourth-order valence-corrected chi connectivity index (χ4v) is 5.18. The molecule has 42 heavy (non-hydrogen) atoms. The molecule has 0 saturated carbocycles. The fraction of sp³-hybridized carbons (Fsp3) is 0.344. The van der Waals surface area contributed by atoms with Crippen molar-refractivity contribution in [2.75, 3.05) is 18.0 Å². The number of anilines is 1. The van der Waals surface area contributed by atoms with Crippen LogP contribution in [0.15, 0.2) is 66.7 Å². The zero-order valence-electron chi connectivity index (χ0n) is 24.0. The number of aromatic nitrogens is 2. The molecule has 220 valence electrons. The number of benzene rings is 3. The van der Waals surface area contributed by atoms with Crippen LogP contribution >= 0.6 is 11.6 Å². The van der Waals surface area contributed by atoms with Crippen LogP contribution in [0.3, 0.4) is 0 Å². The third kappa shape index (κ3) is 7.39. The molecule has 0 bridgehead atoms. The number of carbonyl (C=O) groups is 2. The third-order valence-corrected chi connectivity index (χ3v) is 7.29. The lowest BCUT2D eigenvalue weighted by Gasteiger charge is -2.34. The highest BCUT2D eigenvalue weighted by Crippen LogP contribution is 2.28. The van der Waals surface area contributed by atoms with Crippen LogP contribution in [0.5, 0.6) is 0 Å². The van der Waals surface area contributed by atoms with Crippen molar-refractivity contribution in [1.29, 1.82) is 0 Å². The monoisotopic (exact) mass is 591 g/mol. The lowest BCUT2D eigenvalue weighted by Crippen LogP contribution is -2.49. The Bertz CT molecular complexity index is 1560. The van der Waals surface area contributed by atoms with Gasteiger partial charge in [-0.05, 0) is 87.2 Å². The van der Waals surface area contributed by atoms with E-state index in [1.54, 1.807) is 30.3 Å². The van der Waals surface area contributed by atoms with E-state index in [9.17, 15) is 14.0 Å². The molecular formula is C32H35ClFN5O3. The molecule has 1 saturated heterocycles. The number of imidazole rings is 1. The van der Waals surface area contributed by atoms with Gasteiger partial charge in [0.15, 0.2) is 0 Å². The Morgan fingerprint density at radius 3 is 2.48 bits per heavy atom. The summed E-state index contributed by atoms with van der Waals surface area (Å²) in [6, 6.07) is 19.0. The predicted octanol–water partition coefficient (Wildman–Crippen LogP) is 6.30. The lowest BCUT2D eigenvalue weighted by molar-refractivity contribution is 0.0499. The van der Waals surface area contributed by atoms with Crippen molar-refractivity contribution in [2.24, 2.45) is 0 Å². The molecule has 0 unspecified atom stereocenters. The summed E-state index contributed by atoms with van der Waals surface area (Å²) in [6.45, 7) is 7.63. The molecule has 0 aliphatic carbocycles. The maximum Gasteiger partial charge on any atom is 0.407 e. The Balaban J connectivity index is 1.42. The van der Waals surface area contributed by atoms with Gasteiger partial charge < -0.3 is 24.8 Å². The zero-order valence-corrected chi connectivity index (χ0v) is 24.7. The van der Waals surface area contributed by atoms with Gasteiger partial charge in [-0.15, -0.1) is 0 Å². The number of piperidine rings is 1. The van der Waals surface area contributed by atoms with Crippen LogP contribution in [-0.4, -0.2) is 46.3 Å². The van der Waals surface area contributed by atoms with Gasteiger partial charge in [0.2, 0.25) is 5.95 Å². The first-order valence-electron chi connectivity index (χ1n) is 14.1. The molecule has 2 heterocycles. The molecule has 2 amide bonds. The number of hydrogen-bond acceptors (Lipinski definition) is 5. The number of fused-ring (bicyclic) bond motifs is 1. The molecule has 1 atom stereocenters. The number of halogens is 2. The van der Waals surface area contributed by atoms with Gasteiger partial charge >= 0.3 is 6.09 Å². The summed E-state index contributed by atoms with van der Waals surface area (Å²) in [6.07, 6.45) is 1.24. The summed E-state index contributed by atoms with van der Waals surface area (Å²) in [5, 5.41) is 6.61. The molecule has 3 aromatic carbocycles. The first-order chi connectivity index (χ1) is 20.0. The highest BCUT2D eigenvalue weighted by molar-refractivity contribution is 6.30. The minimum Gasteiger partial charge on any atom is -0.444 e. The number of nitrogens with one attached hydrogen (secondary N) is 2. The van der Waals surface area contributed by atoms with Crippen molar-refractivity contribution >= 4 is 40.6 Å². The highest BCUT2D eigenvalue weighted by atomic mass is 35.5. The Morgan fingerprint density at radius 2 is 1.76 bits per heavy atom. The zero-order chi connectivity index (χ0) is 29.9. The van der Waals surface area contributed by atoms with E-state index >= 15 is 0 Å². The molecule has 1 aliphatic rings. The van der Waals surface area contributed by atoms with Crippen molar-refractivity contribution in [1.82, 2.24) is 20.2 Å². The van der Waals surface area contributed by atoms with Gasteiger partial charge in [-0.3, -0.25) is 4.79 Å². The number of alkyl carbamates (subject to hydrolysis) is 1. The van der Waals surface area contributed by atoms with Gasteiger partial charge in [-0.25, -0.2) is 14.2 Å². The average Bonchev–Trinajstić information content (AvgIpc) is 3.30. The number of ether oxygens (including phenoxy) is 1. The van der Waals surface area contributed by atoms with Crippen molar-refractivity contribution in [3.8, 4) is 0 Å². The second-order valence-corrected chi connectivity index (χ2v) is 12.0. The van der Waals surface area contributed by atoms with Crippen LogP contribution < -0.4 is 15.5 Å². The van der Waals surface area contributed by atoms with Gasteiger partial charge in [0, 0.05) is 36.3 Å². The van der Waals surface area contributed by atoms with Crippen LogP contribution in [-0.2, 0) is 17.8 Å². The topological polar surface area (TPSA) is 88.5 Å². The van der Waals surface area contributed by atoms with E-state index in [2.05, 4.69) is 20.1 Å². The lowest BCUT2D eigenvalue weighted by atomic mass is 10.1. The van der Waals surface area contributed by atoms with Crippen LogP contribution in [0.2, 0.25) is 5.02 Å². The van der Waals surface area contributed by atoms with Crippen molar-refractivity contribution < 1.29 is 18.7 Å². The molecule has 8 nitrogen and oxygen atoms in total. The Morgan fingerprint density at radius 1 is 1.05 bits per heavy atom. The molecule has 4 aromatic rings. The average molecular weight is 592 g/mol. The van der Waals surface area contributed by atoms with Crippen molar-refractivity contribution in [3.05, 3.63) is 94.3 Å². The first-order valence-corrected chi connectivity index (χ1v) is 14.4. The second kappa shape index (κ2) is 12.4. The van der Waals surface area contributed by atoms with Crippen molar-refractivity contribution in [3.63, 3.8) is 0 Å². The molecule has 0 radical (unpaired) electrons. The van der Waals surface area contributed by atoms with E-state index in [1.165, 1.54) is 12.1 Å². The van der Waals surface area contributed by atoms with E-state index in [1.807, 2.05) is 45.0 Å². The summed E-state index contributed by atoms with van der Waals surface area (Å²) in [7, 11) is 0. The number of nitrogens with zero attached hydrogens (tertiary/aromatic N) is 3. The Labute approximate surface area is 249 Å². The van der Waals surface area contributed by atoms with E-state index < -0.39 is 11.7 Å². The highest BCUT2D eigenvalue weighted by Gasteiger charge is 2.27. The predicted molar refractivity (Wildman–Crippen MR) is 162 cm³/mol. The van der Waals surface area contributed by atoms with Crippen LogP contribution in [0.4, 0.5) is 15.1 Å². The summed E-state index contributed by atoms with van der Waals surface area (Å²) >= 11 is 5.98. The first kappa shape index (κ1) is 29.4. The number of rotatable bonds is 7. The van der Waals surface area contributed by atoms with Crippen molar-refractivity contribution in [2.45, 2.75) is 58.3 Å². The molecular weight excluding hydrogens is 557 g/mol. The molecule has 1 fully saturated rings. The fourth-order valence-electron chi connectivity index (χ4n) is 5.06. The van der Waals surface area contributed by atoms with Gasteiger partial charge in [0.1, 0.15) is 11.4 Å². The normalized spacial score (nSPS) is 15.5. The summed E-state index contributed by atoms with van der Waals surface area (Å²) in [4.78, 5) is 32.7. The minimum atomic E-state index is -0.583. The minimum absolute atomic E-state index is 0.109. The van der Waals surface area contributed by atoms with Gasteiger partial charge in [0.25, 0.3) is 5.91 Å². The van der Waals surface area contributed by atoms with Crippen LogP contribution in [0.1, 0.15) is 55.1 Å². The number of amides is 2. The van der Waals surface area contributed by atoms with E-state index in [4.69, 9.17) is 21.3 Å². The summed E-state index contributed by atoms with van der Waals surface area (Å²) in [5.74, 6) is 0.215. The van der Waals surface area contributed by atoms with Gasteiger partial charge in [-0.2, -0.15) is 0 Å². The summed E-state index contributed by atoms with van der Waals surface area (Å²) < 4.78 is 21.2. The maximum absolute atomic E-state index is 13.7. The quantitative estimate of drug-likeness (QED) is 0.263. The van der Waals surface area contributed by atoms with Crippen LogP contribution in [0, 0.1) is 5.82 Å². The molecule has 2 N–H and O–H groups in total. The molecule has 10 heteroatoms. The second-order valence-electron chi connectivity index (χ2n) is 11.6. The standard InChI is InChI=1S/C32H35ClFN5O3/c1-32(2,3)42-31(41)36-26-5-4-16-38(20-26)30-37-27-15-10-23(29(40)35-18-21-6-11-24(33)12-7-21)17-28(27)39(30)19-22-8-13-25(34)14-9-22/h6-15,17,26H,4-5,16,18-20H2,1-3H3,(H,35,40)(H,36,41)/t26-/m1/s1.